The monoisotopic (exact) mass is 229 g/mol. The van der Waals surface area contributed by atoms with Crippen molar-refractivity contribution in [1.82, 2.24) is 15.3 Å². The highest BCUT2D eigenvalue weighted by atomic mass is 16.5. The number of pyridine rings is 1. The van der Waals surface area contributed by atoms with Crippen LogP contribution < -0.4 is 5.32 Å². The van der Waals surface area contributed by atoms with Crippen LogP contribution in [0.3, 0.4) is 0 Å². The molecule has 0 amide bonds. The first-order chi connectivity index (χ1) is 8.38. The quantitative estimate of drug-likeness (QED) is 0.821. The topological polar surface area (TPSA) is 49.9 Å². The molecule has 88 valence electrons. The van der Waals surface area contributed by atoms with Gasteiger partial charge in [0.05, 0.1) is 6.10 Å². The van der Waals surface area contributed by atoms with Crippen molar-refractivity contribution in [3.63, 3.8) is 0 Å². The van der Waals surface area contributed by atoms with Crippen LogP contribution in [0, 0.1) is 0 Å². The lowest BCUT2D eigenvalue weighted by atomic mass is 10.0. The van der Waals surface area contributed by atoms with Gasteiger partial charge in [0, 0.05) is 43.5 Å². The van der Waals surface area contributed by atoms with Crippen LogP contribution in [0.5, 0.6) is 0 Å². The number of hydrogen-bond acceptors (Lipinski definition) is 3. The fraction of sp³-hybridized carbons (Fsp3) is 0.308. The maximum atomic E-state index is 5.37. The number of H-pyrrole nitrogens is 1. The number of ether oxygens (including phenoxy) is 1. The fourth-order valence-electron chi connectivity index (χ4n) is 2.25. The maximum Gasteiger partial charge on any atom is 0.137 e. The van der Waals surface area contributed by atoms with Crippen molar-refractivity contribution in [3.05, 3.63) is 36.2 Å². The lowest BCUT2D eigenvalue weighted by Gasteiger charge is -2.20. The molecule has 1 aliphatic rings. The van der Waals surface area contributed by atoms with E-state index in [0.29, 0.717) is 0 Å². The van der Waals surface area contributed by atoms with E-state index < -0.39 is 0 Å². The summed E-state index contributed by atoms with van der Waals surface area (Å²) in [6, 6.07) is 4.05. The van der Waals surface area contributed by atoms with Crippen molar-refractivity contribution < 1.29 is 4.74 Å². The van der Waals surface area contributed by atoms with Gasteiger partial charge in [0.25, 0.3) is 0 Å². The summed E-state index contributed by atoms with van der Waals surface area (Å²) in [7, 11) is 1.74. The SMILES string of the molecule is COC1C=C(c2c[nH]c3ncccc23)CNC1. The molecule has 2 aromatic rings. The van der Waals surface area contributed by atoms with E-state index in [1.807, 2.05) is 12.3 Å². The Balaban J connectivity index is 2.06. The molecule has 0 spiro atoms. The molecule has 3 heterocycles. The minimum absolute atomic E-state index is 0.153. The van der Waals surface area contributed by atoms with Crippen LogP contribution in [0.25, 0.3) is 16.6 Å². The molecule has 2 aromatic heterocycles. The van der Waals surface area contributed by atoms with Gasteiger partial charge in [0.15, 0.2) is 0 Å². The molecule has 0 fully saturated rings. The standard InChI is InChI=1S/C13H15N3O/c1-17-10-5-9(6-14-7-10)12-8-16-13-11(12)3-2-4-15-13/h2-5,8,10,14H,6-7H2,1H3,(H,15,16). The van der Waals surface area contributed by atoms with E-state index in [9.17, 15) is 0 Å². The second-order valence-electron chi connectivity index (χ2n) is 4.20. The highest BCUT2D eigenvalue weighted by Gasteiger charge is 2.16. The van der Waals surface area contributed by atoms with Crippen molar-refractivity contribution in [2.24, 2.45) is 0 Å². The maximum absolute atomic E-state index is 5.37. The fourth-order valence-corrected chi connectivity index (χ4v) is 2.25. The van der Waals surface area contributed by atoms with Gasteiger partial charge in [-0.2, -0.15) is 0 Å². The molecule has 2 N–H and O–H groups in total. The van der Waals surface area contributed by atoms with Crippen LogP contribution in [-0.4, -0.2) is 36.3 Å². The summed E-state index contributed by atoms with van der Waals surface area (Å²) in [5.41, 5.74) is 3.41. The van der Waals surface area contributed by atoms with E-state index in [0.717, 1.165) is 24.1 Å². The van der Waals surface area contributed by atoms with Gasteiger partial charge in [0.2, 0.25) is 0 Å². The predicted molar refractivity (Wildman–Crippen MR) is 67.7 cm³/mol. The highest BCUT2D eigenvalue weighted by molar-refractivity contribution is 5.91. The molecule has 1 atom stereocenters. The molecular weight excluding hydrogens is 214 g/mol. The zero-order valence-corrected chi connectivity index (χ0v) is 9.73. The van der Waals surface area contributed by atoms with E-state index >= 15 is 0 Å². The molecule has 4 nitrogen and oxygen atoms in total. The van der Waals surface area contributed by atoms with Gasteiger partial charge in [-0.25, -0.2) is 4.98 Å². The van der Waals surface area contributed by atoms with Crippen LogP contribution >= 0.6 is 0 Å². The Hall–Kier alpha value is -1.65. The summed E-state index contributed by atoms with van der Waals surface area (Å²) in [4.78, 5) is 7.50. The minimum atomic E-state index is 0.153. The Morgan fingerprint density at radius 3 is 3.29 bits per heavy atom. The summed E-state index contributed by atoms with van der Waals surface area (Å²) in [5.74, 6) is 0. The second-order valence-corrected chi connectivity index (χ2v) is 4.20. The smallest absolute Gasteiger partial charge is 0.137 e. The largest absolute Gasteiger partial charge is 0.376 e. The van der Waals surface area contributed by atoms with Gasteiger partial charge in [-0.3, -0.25) is 0 Å². The molecule has 4 heteroatoms. The summed E-state index contributed by atoms with van der Waals surface area (Å²) < 4.78 is 5.37. The van der Waals surface area contributed by atoms with Gasteiger partial charge in [0.1, 0.15) is 5.65 Å². The normalized spacial score (nSPS) is 20.5. The zero-order chi connectivity index (χ0) is 11.7. The Bertz CT molecular complexity index is 559. The Morgan fingerprint density at radius 2 is 2.41 bits per heavy atom. The molecule has 0 aromatic carbocycles. The summed E-state index contributed by atoms with van der Waals surface area (Å²) >= 11 is 0. The van der Waals surface area contributed by atoms with Gasteiger partial charge >= 0.3 is 0 Å². The van der Waals surface area contributed by atoms with Gasteiger partial charge in [-0.1, -0.05) is 0 Å². The number of fused-ring (bicyclic) bond motifs is 1. The van der Waals surface area contributed by atoms with E-state index in [-0.39, 0.29) is 6.10 Å². The third kappa shape index (κ3) is 1.85. The third-order valence-corrected chi connectivity index (χ3v) is 3.15. The summed E-state index contributed by atoms with van der Waals surface area (Å²) in [6.07, 6.45) is 6.16. The second kappa shape index (κ2) is 4.31. The number of nitrogens with zero attached hydrogens (tertiary/aromatic N) is 1. The van der Waals surface area contributed by atoms with Crippen molar-refractivity contribution in [2.45, 2.75) is 6.10 Å². The molecule has 0 bridgehead atoms. The lowest BCUT2D eigenvalue weighted by Crippen LogP contribution is -2.33. The third-order valence-electron chi connectivity index (χ3n) is 3.15. The van der Waals surface area contributed by atoms with E-state index in [4.69, 9.17) is 4.74 Å². The van der Waals surface area contributed by atoms with Crippen LogP contribution in [0.15, 0.2) is 30.6 Å². The van der Waals surface area contributed by atoms with Crippen molar-refractivity contribution in [2.75, 3.05) is 20.2 Å². The molecule has 1 aliphatic heterocycles. The minimum Gasteiger partial charge on any atom is -0.376 e. The number of hydrogen-bond donors (Lipinski definition) is 2. The van der Waals surface area contributed by atoms with Gasteiger partial charge in [-0.05, 0) is 23.8 Å². The highest BCUT2D eigenvalue weighted by Crippen LogP contribution is 2.25. The molecule has 3 rings (SSSR count). The summed E-state index contributed by atoms with van der Waals surface area (Å²) in [5, 5.41) is 4.53. The number of nitrogens with one attached hydrogen (secondary N) is 2. The molecule has 1 unspecified atom stereocenters. The van der Waals surface area contributed by atoms with Crippen LogP contribution in [0.2, 0.25) is 0 Å². The first kappa shape index (κ1) is 10.5. The molecule has 0 aliphatic carbocycles. The zero-order valence-electron chi connectivity index (χ0n) is 9.73. The molecular formula is C13H15N3O. The molecule has 0 saturated carbocycles. The van der Waals surface area contributed by atoms with Crippen LogP contribution in [-0.2, 0) is 4.74 Å². The predicted octanol–water partition coefficient (Wildman–Crippen LogP) is 1.56. The van der Waals surface area contributed by atoms with E-state index in [1.54, 1.807) is 13.3 Å². The Kier molecular flexibility index (Phi) is 2.66. The Morgan fingerprint density at radius 1 is 1.47 bits per heavy atom. The van der Waals surface area contributed by atoms with Crippen molar-refractivity contribution in [3.8, 4) is 0 Å². The average molecular weight is 229 g/mol. The van der Waals surface area contributed by atoms with Crippen molar-refractivity contribution >= 4 is 16.6 Å². The number of methoxy groups -OCH3 is 1. The summed E-state index contributed by atoms with van der Waals surface area (Å²) in [6.45, 7) is 1.75. The molecule has 0 saturated heterocycles. The average Bonchev–Trinajstić information content (AvgIpc) is 2.82. The van der Waals surface area contributed by atoms with E-state index in [2.05, 4.69) is 27.4 Å². The van der Waals surface area contributed by atoms with Gasteiger partial charge in [-0.15, -0.1) is 0 Å². The Labute approximate surface area is 99.7 Å². The van der Waals surface area contributed by atoms with Crippen LogP contribution in [0.4, 0.5) is 0 Å². The van der Waals surface area contributed by atoms with Crippen molar-refractivity contribution in [1.29, 1.82) is 0 Å². The van der Waals surface area contributed by atoms with E-state index in [1.165, 1.54) is 11.1 Å². The first-order valence-corrected chi connectivity index (χ1v) is 5.75. The number of rotatable bonds is 2. The van der Waals surface area contributed by atoms with Crippen LogP contribution in [0.1, 0.15) is 5.56 Å². The molecule has 17 heavy (non-hydrogen) atoms. The molecule has 0 radical (unpaired) electrons. The first-order valence-electron chi connectivity index (χ1n) is 5.75. The number of aromatic nitrogens is 2. The van der Waals surface area contributed by atoms with Gasteiger partial charge < -0.3 is 15.0 Å². The number of aromatic amines is 1. The lowest BCUT2D eigenvalue weighted by molar-refractivity contribution is 0.138.